The van der Waals surface area contributed by atoms with E-state index in [0.29, 0.717) is 12.6 Å². The van der Waals surface area contributed by atoms with Gasteiger partial charge in [0.2, 0.25) is 5.91 Å². The smallest absolute Gasteiger partial charge is 0.241 e. The predicted octanol–water partition coefficient (Wildman–Crippen LogP) is 1.89. The number of hydrogen-bond donors (Lipinski definition) is 3. The Bertz CT molecular complexity index is 290. The lowest BCUT2D eigenvalue weighted by Gasteiger charge is -2.18. The Morgan fingerprint density at radius 2 is 1.70 bits per heavy atom. The molecule has 0 aliphatic rings. The summed E-state index contributed by atoms with van der Waals surface area (Å²) in [6.07, 6.45) is 3.57. The first-order chi connectivity index (χ1) is 9.49. The number of amides is 1. The van der Waals surface area contributed by atoms with Crippen molar-refractivity contribution in [2.75, 3.05) is 19.6 Å². The van der Waals surface area contributed by atoms with Gasteiger partial charge >= 0.3 is 0 Å². The van der Waals surface area contributed by atoms with E-state index in [4.69, 9.17) is 0 Å². The van der Waals surface area contributed by atoms with Crippen LogP contribution in [0.5, 0.6) is 0 Å². The first-order valence-electron chi connectivity index (χ1n) is 7.81. The molecule has 0 aromatic carbocycles. The van der Waals surface area contributed by atoms with Crippen molar-refractivity contribution in [2.24, 2.45) is 10.9 Å². The summed E-state index contributed by atoms with van der Waals surface area (Å²) in [5.74, 6) is 1.43. The molecule has 0 aromatic heterocycles. The van der Waals surface area contributed by atoms with Gasteiger partial charge in [-0.2, -0.15) is 0 Å². The Labute approximate surface area is 124 Å². The maximum Gasteiger partial charge on any atom is 0.241 e. The third-order valence-corrected chi connectivity index (χ3v) is 2.90. The number of nitrogens with zero attached hydrogens (tertiary/aromatic N) is 1. The van der Waals surface area contributed by atoms with E-state index in [1.54, 1.807) is 0 Å². The van der Waals surface area contributed by atoms with Crippen LogP contribution in [0.4, 0.5) is 0 Å². The van der Waals surface area contributed by atoms with Crippen LogP contribution in [0.15, 0.2) is 4.99 Å². The van der Waals surface area contributed by atoms with Crippen molar-refractivity contribution in [2.45, 2.75) is 59.9 Å². The highest BCUT2D eigenvalue weighted by Gasteiger charge is 2.06. The second kappa shape index (κ2) is 11.6. The van der Waals surface area contributed by atoms with Crippen molar-refractivity contribution in [1.29, 1.82) is 0 Å². The van der Waals surface area contributed by atoms with E-state index >= 15 is 0 Å². The lowest BCUT2D eigenvalue weighted by molar-refractivity contribution is -0.119. The van der Waals surface area contributed by atoms with E-state index in [0.717, 1.165) is 24.8 Å². The molecule has 118 valence electrons. The molecular formula is C15H32N4O. The molecule has 0 spiro atoms. The molecule has 0 radical (unpaired) electrons. The van der Waals surface area contributed by atoms with E-state index < -0.39 is 0 Å². The standard InChI is InChI=1S/C15H32N4O/c1-6-16-14(20)11-18-15(17-7-2)19-13(5)10-8-9-12(3)4/h12-13H,6-11H2,1-5H3,(H,16,20)(H2,17,18,19). The van der Waals surface area contributed by atoms with Crippen LogP contribution < -0.4 is 16.0 Å². The molecule has 0 saturated heterocycles. The fourth-order valence-corrected chi connectivity index (χ4v) is 1.86. The molecule has 0 fully saturated rings. The monoisotopic (exact) mass is 284 g/mol. The second-order valence-corrected chi connectivity index (χ2v) is 5.52. The summed E-state index contributed by atoms with van der Waals surface area (Å²) in [5.41, 5.74) is 0. The van der Waals surface area contributed by atoms with Gasteiger partial charge in [0, 0.05) is 19.1 Å². The number of carbonyl (C=O) groups excluding carboxylic acids is 1. The van der Waals surface area contributed by atoms with Gasteiger partial charge in [0.15, 0.2) is 5.96 Å². The molecule has 0 heterocycles. The van der Waals surface area contributed by atoms with Crippen molar-refractivity contribution in [3.8, 4) is 0 Å². The van der Waals surface area contributed by atoms with E-state index in [9.17, 15) is 4.79 Å². The summed E-state index contributed by atoms with van der Waals surface area (Å²) in [6, 6.07) is 0.362. The van der Waals surface area contributed by atoms with Crippen LogP contribution in [0.3, 0.4) is 0 Å². The topological polar surface area (TPSA) is 65.5 Å². The maximum absolute atomic E-state index is 11.4. The van der Waals surface area contributed by atoms with Gasteiger partial charge in [-0.3, -0.25) is 4.79 Å². The highest BCUT2D eigenvalue weighted by molar-refractivity contribution is 5.84. The third kappa shape index (κ3) is 10.6. The van der Waals surface area contributed by atoms with Crippen LogP contribution in [-0.2, 0) is 4.79 Å². The molecule has 3 N–H and O–H groups in total. The molecule has 0 aliphatic carbocycles. The minimum Gasteiger partial charge on any atom is -0.357 e. The summed E-state index contributed by atoms with van der Waals surface area (Å²) in [5, 5.41) is 9.26. The molecule has 1 unspecified atom stereocenters. The predicted molar refractivity (Wildman–Crippen MR) is 85.9 cm³/mol. The molecule has 5 nitrogen and oxygen atoms in total. The number of rotatable bonds is 9. The van der Waals surface area contributed by atoms with E-state index in [1.807, 2.05) is 13.8 Å². The Balaban J connectivity index is 4.16. The van der Waals surface area contributed by atoms with Gasteiger partial charge in [-0.1, -0.05) is 26.7 Å². The molecule has 5 heteroatoms. The fraction of sp³-hybridized carbons (Fsp3) is 0.867. The summed E-state index contributed by atoms with van der Waals surface area (Å²) in [7, 11) is 0. The minimum atomic E-state index is -0.0443. The molecular weight excluding hydrogens is 252 g/mol. The van der Waals surface area contributed by atoms with Crippen LogP contribution >= 0.6 is 0 Å². The second-order valence-electron chi connectivity index (χ2n) is 5.52. The van der Waals surface area contributed by atoms with Gasteiger partial charge in [-0.05, 0) is 33.1 Å². The normalized spacial score (nSPS) is 13.2. The van der Waals surface area contributed by atoms with Gasteiger partial charge in [-0.25, -0.2) is 4.99 Å². The maximum atomic E-state index is 11.4. The molecule has 20 heavy (non-hydrogen) atoms. The molecule has 0 saturated carbocycles. The van der Waals surface area contributed by atoms with Crippen molar-refractivity contribution in [1.82, 2.24) is 16.0 Å². The van der Waals surface area contributed by atoms with E-state index in [-0.39, 0.29) is 12.5 Å². The van der Waals surface area contributed by atoms with Crippen LogP contribution in [0.1, 0.15) is 53.9 Å². The summed E-state index contributed by atoms with van der Waals surface area (Å²) < 4.78 is 0. The minimum absolute atomic E-state index is 0.0443. The van der Waals surface area contributed by atoms with Gasteiger partial charge in [-0.15, -0.1) is 0 Å². The van der Waals surface area contributed by atoms with Crippen molar-refractivity contribution in [3.05, 3.63) is 0 Å². The number of nitrogens with one attached hydrogen (secondary N) is 3. The van der Waals surface area contributed by atoms with E-state index in [1.165, 1.54) is 12.8 Å². The first kappa shape index (κ1) is 18.7. The van der Waals surface area contributed by atoms with Gasteiger partial charge < -0.3 is 16.0 Å². The molecule has 0 bridgehead atoms. The number of carbonyl (C=O) groups is 1. The zero-order chi connectivity index (χ0) is 15.4. The fourth-order valence-electron chi connectivity index (χ4n) is 1.86. The third-order valence-electron chi connectivity index (χ3n) is 2.90. The molecule has 1 atom stereocenters. The van der Waals surface area contributed by atoms with Crippen LogP contribution in [0.25, 0.3) is 0 Å². The summed E-state index contributed by atoms with van der Waals surface area (Å²) in [6.45, 7) is 12.2. The van der Waals surface area contributed by atoms with Crippen molar-refractivity contribution in [3.63, 3.8) is 0 Å². The highest BCUT2D eigenvalue weighted by atomic mass is 16.1. The molecule has 0 aromatic rings. The quantitative estimate of drug-likeness (QED) is 0.447. The zero-order valence-electron chi connectivity index (χ0n) is 13.8. The Hall–Kier alpha value is -1.26. The van der Waals surface area contributed by atoms with Gasteiger partial charge in [0.1, 0.15) is 6.54 Å². The van der Waals surface area contributed by atoms with Crippen LogP contribution in [0, 0.1) is 5.92 Å². The number of hydrogen-bond acceptors (Lipinski definition) is 2. The Kier molecular flexibility index (Phi) is 10.8. The van der Waals surface area contributed by atoms with E-state index in [2.05, 4.69) is 41.7 Å². The van der Waals surface area contributed by atoms with Crippen molar-refractivity contribution < 1.29 is 4.79 Å². The average molecular weight is 284 g/mol. The summed E-state index contributed by atoms with van der Waals surface area (Å²) in [4.78, 5) is 15.7. The van der Waals surface area contributed by atoms with Crippen LogP contribution in [0.2, 0.25) is 0 Å². The van der Waals surface area contributed by atoms with Gasteiger partial charge in [0.25, 0.3) is 0 Å². The lowest BCUT2D eigenvalue weighted by Crippen LogP contribution is -2.43. The van der Waals surface area contributed by atoms with Crippen LogP contribution in [-0.4, -0.2) is 37.5 Å². The number of guanidine groups is 1. The first-order valence-corrected chi connectivity index (χ1v) is 7.81. The van der Waals surface area contributed by atoms with Crippen molar-refractivity contribution >= 4 is 11.9 Å². The molecule has 0 aliphatic heterocycles. The Morgan fingerprint density at radius 3 is 2.25 bits per heavy atom. The summed E-state index contributed by atoms with van der Waals surface area (Å²) >= 11 is 0. The SMILES string of the molecule is CCNC(=O)CN=C(NCC)NC(C)CCCC(C)C. The average Bonchev–Trinajstić information content (AvgIpc) is 2.36. The highest BCUT2D eigenvalue weighted by Crippen LogP contribution is 2.08. The largest absolute Gasteiger partial charge is 0.357 e. The lowest BCUT2D eigenvalue weighted by atomic mass is 10.0. The van der Waals surface area contributed by atoms with Gasteiger partial charge in [0.05, 0.1) is 0 Å². The zero-order valence-corrected chi connectivity index (χ0v) is 13.8. The Morgan fingerprint density at radius 1 is 1.05 bits per heavy atom. The number of aliphatic imine (C=N–C) groups is 1. The molecule has 1 amide bonds. The molecule has 0 rings (SSSR count). The number of likely N-dealkylation sites (N-methyl/N-ethyl adjacent to an activating group) is 1.